The summed E-state index contributed by atoms with van der Waals surface area (Å²) in [5.74, 6) is -1.49. The Hall–Kier alpha value is -0.940. The topological polar surface area (TPSA) is 46.5 Å². The van der Waals surface area contributed by atoms with Crippen molar-refractivity contribution in [3.8, 4) is 0 Å². The van der Waals surface area contributed by atoms with Crippen molar-refractivity contribution >= 4 is 21.9 Å². The highest BCUT2D eigenvalue weighted by Crippen LogP contribution is 2.31. The van der Waals surface area contributed by atoms with Crippen molar-refractivity contribution in [2.24, 2.45) is 5.92 Å². The van der Waals surface area contributed by atoms with E-state index in [0.717, 1.165) is 0 Å². The third-order valence-corrected chi connectivity index (χ3v) is 3.38. The first-order valence-corrected chi connectivity index (χ1v) is 6.60. The molecule has 0 amide bonds. The number of rotatable bonds is 5. The molecule has 0 aromatic heterocycles. The van der Waals surface area contributed by atoms with Crippen molar-refractivity contribution in [3.05, 3.63) is 34.1 Å². The average molecular weight is 319 g/mol. The van der Waals surface area contributed by atoms with E-state index in [1.807, 2.05) is 0 Å². The van der Waals surface area contributed by atoms with Crippen molar-refractivity contribution in [2.75, 3.05) is 6.61 Å². The molecule has 5 heteroatoms. The molecule has 0 aliphatic carbocycles. The van der Waals surface area contributed by atoms with Crippen LogP contribution in [-0.2, 0) is 9.53 Å². The largest absolute Gasteiger partial charge is 0.466 e. The minimum Gasteiger partial charge on any atom is -0.466 e. The molecule has 0 aliphatic rings. The molecule has 3 nitrogen and oxygen atoms in total. The number of carbonyl (C=O) groups excluding carboxylic acids is 1. The SMILES string of the molecule is CCOC(=O)C(CC)C(O)c1ccc(F)cc1Br. The molecule has 1 N–H and O–H groups in total. The predicted octanol–water partition coefficient (Wildman–Crippen LogP) is 3.21. The molecule has 100 valence electrons. The van der Waals surface area contributed by atoms with Crippen LogP contribution in [-0.4, -0.2) is 17.7 Å². The molecular formula is C13H16BrFO3. The van der Waals surface area contributed by atoms with E-state index in [1.165, 1.54) is 18.2 Å². The van der Waals surface area contributed by atoms with Gasteiger partial charge in [0.2, 0.25) is 0 Å². The lowest BCUT2D eigenvalue weighted by Crippen LogP contribution is -2.24. The second kappa shape index (κ2) is 6.85. The summed E-state index contributed by atoms with van der Waals surface area (Å²) in [6.45, 7) is 3.78. The van der Waals surface area contributed by atoms with Gasteiger partial charge in [0.1, 0.15) is 5.82 Å². The lowest BCUT2D eigenvalue weighted by Gasteiger charge is -2.21. The first kappa shape index (κ1) is 15.1. The van der Waals surface area contributed by atoms with E-state index in [0.29, 0.717) is 16.5 Å². The van der Waals surface area contributed by atoms with Gasteiger partial charge in [-0.25, -0.2) is 4.39 Å². The molecule has 18 heavy (non-hydrogen) atoms. The molecular weight excluding hydrogens is 303 g/mol. The van der Waals surface area contributed by atoms with Gasteiger partial charge in [-0.15, -0.1) is 0 Å². The molecule has 1 aromatic carbocycles. The Bertz CT molecular complexity index is 423. The van der Waals surface area contributed by atoms with Gasteiger partial charge in [0.05, 0.1) is 18.6 Å². The Morgan fingerprint density at radius 2 is 2.17 bits per heavy atom. The van der Waals surface area contributed by atoms with E-state index < -0.39 is 23.8 Å². The van der Waals surface area contributed by atoms with Crippen LogP contribution in [0.3, 0.4) is 0 Å². The molecule has 1 aromatic rings. The first-order valence-electron chi connectivity index (χ1n) is 5.80. The molecule has 0 saturated heterocycles. The minimum atomic E-state index is -1.01. The van der Waals surface area contributed by atoms with E-state index in [9.17, 15) is 14.3 Å². The monoisotopic (exact) mass is 318 g/mol. The molecule has 0 fully saturated rings. The standard InChI is InChI=1S/C13H16BrFO3/c1-3-9(13(17)18-4-2)12(16)10-6-5-8(15)7-11(10)14/h5-7,9,12,16H,3-4H2,1-2H3. The van der Waals surface area contributed by atoms with Crippen molar-refractivity contribution in [1.82, 2.24) is 0 Å². The number of hydrogen-bond acceptors (Lipinski definition) is 3. The Morgan fingerprint density at radius 3 is 2.67 bits per heavy atom. The van der Waals surface area contributed by atoms with Gasteiger partial charge >= 0.3 is 5.97 Å². The highest BCUT2D eigenvalue weighted by molar-refractivity contribution is 9.10. The fourth-order valence-electron chi connectivity index (χ4n) is 1.73. The molecule has 2 atom stereocenters. The lowest BCUT2D eigenvalue weighted by molar-refractivity contribution is -0.152. The number of ether oxygens (including phenoxy) is 1. The van der Waals surface area contributed by atoms with Gasteiger partial charge < -0.3 is 9.84 Å². The average Bonchev–Trinajstić information content (AvgIpc) is 2.29. The van der Waals surface area contributed by atoms with Crippen molar-refractivity contribution in [2.45, 2.75) is 26.4 Å². The predicted molar refractivity (Wildman–Crippen MR) is 69.5 cm³/mol. The molecule has 0 heterocycles. The van der Waals surface area contributed by atoms with Gasteiger partial charge in [-0.1, -0.05) is 28.9 Å². The number of aliphatic hydroxyl groups is 1. The summed E-state index contributed by atoms with van der Waals surface area (Å²) in [5, 5.41) is 10.2. The van der Waals surface area contributed by atoms with Gasteiger partial charge in [0.15, 0.2) is 0 Å². The molecule has 0 spiro atoms. The summed E-state index contributed by atoms with van der Waals surface area (Å²) in [5.41, 5.74) is 0.483. The van der Waals surface area contributed by atoms with Crippen LogP contribution in [0.5, 0.6) is 0 Å². The van der Waals surface area contributed by atoms with Gasteiger partial charge in [-0.2, -0.15) is 0 Å². The van der Waals surface area contributed by atoms with Gasteiger partial charge in [0.25, 0.3) is 0 Å². The van der Waals surface area contributed by atoms with E-state index in [2.05, 4.69) is 15.9 Å². The van der Waals surface area contributed by atoms with Crippen LogP contribution in [0.25, 0.3) is 0 Å². The first-order chi connectivity index (χ1) is 8.51. The van der Waals surface area contributed by atoms with Gasteiger partial charge in [-0.05, 0) is 31.0 Å². The van der Waals surface area contributed by atoms with Crippen LogP contribution >= 0.6 is 15.9 Å². The van der Waals surface area contributed by atoms with Crippen LogP contribution in [0.15, 0.2) is 22.7 Å². The second-order valence-corrected chi connectivity index (χ2v) is 4.73. The maximum atomic E-state index is 13.0. The molecule has 0 saturated carbocycles. The summed E-state index contributed by atoms with van der Waals surface area (Å²) in [6.07, 6.45) is -0.562. The van der Waals surface area contributed by atoms with E-state index in [1.54, 1.807) is 13.8 Å². The summed E-state index contributed by atoms with van der Waals surface area (Å²) < 4.78 is 18.3. The zero-order valence-corrected chi connectivity index (χ0v) is 11.9. The highest BCUT2D eigenvalue weighted by Gasteiger charge is 2.28. The summed E-state index contributed by atoms with van der Waals surface area (Å²) >= 11 is 3.18. The number of esters is 1. The molecule has 2 unspecified atom stereocenters. The lowest BCUT2D eigenvalue weighted by atomic mass is 9.93. The normalized spacial score (nSPS) is 14.1. The molecule has 1 rings (SSSR count). The Balaban J connectivity index is 2.96. The third kappa shape index (κ3) is 3.53. The van der Waals surface area contributed by atoms with E-state index in [-0.39, 0.29) is 6.61 Å². The zero-order valence-electron chi connectivity index (χ0n) is 10.3. The maximum Gasteiger partial charge on any atom is 0.311 e. The van der Waals surface area contributed by atoms with E-state index in [4.69, 9.17) is 4.74 Å². The van der Waals surface area contributed by atoms with E-state index >= 15 is 0 Å². The number of hydrogen-bond donors (Lipinski definition) is 1. The van der Waals surface area contributed by atoms with Crippen molar-refractivity contribution < 1.29 is 19.0 Å². The van der Waals surface area contributed by atoms with Crippen LogP contribution in [0.1, 0.15) is 31.9 Å². The second-order valence-electron chi connectivity index (χ2n) is 3.88. The van der Waals surface area contributed by atoms with Crippen LogP contribution in [0.2, 0.25) is 0 Å². The van der Waals surface area contributed by atoms with Gasteiger partial charge in [0, 0.05) is 4.47 Å². The third-order valence-electron chi connectivity index (χ3n) is 2.69. The molecule has 0 radical (unpaired) electrons. The summed E-state index contributed by atoms with van der Waals surface area (Å²) in [7, 11) is 0. The quantitative estimate of drug-likeness (QED) is 0.848. The smallest absolute Gasteiger partial charge is 0.311 e. The van der Waals surface area contributed by atoms with Gasteiger partial charge in [-0.3, -0.25) is 4.79 Å². The number of aliphatic hydroxyl groups excluding tert-OH is 1. The minimum absolute atomic E-state index is 0.270. The maximum absolute atomic E-state index is 13.0. The highest BCUT2D eigenvalue weighted by atomic mass is 79.9. The number of halogens is 2. The Labute approximate surface area is 114 Å². The fraction of sp³-hybridized carbons (Fsp3) is 0.462. The van der Waals surface area contributed by atoms with Crippen LogP contribution in [0.4, 0.5) is 4.39 Å². The number of carbonyl (C=O) groups is 1. The zero-order chi connectivity index (χ0) is 13.7. The fourth-order valence-corrected chi connectivity index (χ4v) is 2.31. The van der Waals surface area contributed by atoms with Crippen molar-refractivity contribution in [3.63, 3.8) is 0 Å². The number of benzene rings is 1. The van der Waals surface area contributed by atoms with Crippen LogP contribution < -0.4 is 0 Å². The van der Waals surface area contributed by atoms with Crippen LogP contribution in [0, 0.1) is 11.7 Å². The summed E-state index contributed by atoms with van der Waals surface area (Å²) in [4.78, 5) is 11.7. The Kier molecular flexibility index (Phi) is 5.75. The Morgan fingerprint density at radius 1 is 1.50 bits per heavy atom. The molecule has 0 bridgehead atoms. The van der Waals surface area contributed by atoms with Crippen molar-refractivity contribution in [1.29, 1.82) is 0 Å². The molecule has 0 aliphatic heterocycles. The summed E-state index contributed by atoms with van der Waals surface area (Å²) in [6, 6.07) is 3.98.